The molecule has 6 nitrogen and oxygen atoms in total. The van der Waals surface area contributed by atoms with Crippen LogP contribution in [0.15, 0.2) is 134 Å². The van der Waals surface area contributed by atoms with E-state index in [-0.39, 0.29) is 16.3 Å². The maximum absolute atomic E-state index is 10.9. The van der Waals surface area contributed by atoms with Crippen LogP contribution in [0.2, 0.25) is 0 Å². The molecule has 0 N–H and O–H groups in total. The molecule has 9 heteroatoms. The summed E-state index contributed by atoms with van der Waals surface area (Å²) in [6, 6.07) is 38.3. The summed E-state index contributed by atoms with van der Waals surface area (Å²) >= 11 is 0.617. The van der Waals surface area contributed by atoms with Crippen molar-refractivity contribution in [1.29, 1.82) is 0 Å². The smallest absolute Gasteiger partial charge is 0.305 e. The first kappa shape index (κ1) is 24.6. The van der Waals surface area contributed by atoms with Crippen molar-refractivity contribution < 1.29 is 17.9 Å². The summed E-state index contributed by atoms with van der Waals surface area (Å²) in [7, 11) is -4.83. The fraction of sp³-hybridized carbons (Fsp3) is 0. The molecular formula is C26H19NO5S3. The zero-order valence-electron chi connectivity index (χ0n) is 18.2. The summed E-state index contributed by atoms with van der Waals surface area (Å²) in [5.74, 6) is 0. The van der Waals surface area contributed by atoms with Crippen LogP contribution in [0.1, 0.15) is 0 Å². The SMILES string of the molecule is O=[N+]([O-])c1c(S(=O)(=O)[O-])sc2ccccc12.c1ccc([S+](c2ccccc2)c2ccccc2)cc1. The highest BCUT2D eigenvalue weighted by Gasteiger charge is 2.28. The second kappa shape index (κ2) is 10.8. The van der Waals surface area contributed by atoms with E-state index in [1.54, 1.807) is 12.1 Å². The predicted molar refractivity (Wildman–Crippen MR) is 138 cm³/mol. The number of rotatable bonds is 5. The molecule has 0 aliphatic carbocycles. The Labute approximate surface area is 209 Å². The molecule has 1 heterocycles. The number of fused-ring (bicyclic) bond motifs is 1. The van der Waals surface area contributed by atoms with Gasteiger partial charge < -0.3 is 4.55 Å². The van der Waals surface area contributed by atoms with E-state index in [0.717, 1.165) is 0 Å². The minimum atomic E-state index is -4.81. The van der Waals surface area contributed by atoms with Gasteiger partial charge >= 0.3 is 5.69 Å². The molecule has 0 bridgehead atoms. The molecule has 5 rings (SSSR count). The van der Waals surface area contributed by atoms with Crippen molar-refractivity contribution in [1.82, 2.24) is 0 Å². The van der Waals surface area contributed by atoms with E-state index < -0.39 is 24.9 Å². The summed E-state index contributed by atoms with van der Waals surface area (Å²) in [4.78, 5) is 14.0. The summed E-state index contributed by atoms with van der Waals surface area (Å²) in [5.41, 5.74) is -0.629. The molecule has 0 amide bonds. The molecule has 0 aliphatic heterocycles. The van der Waals surface area contributed by atoms with E-state index in [4.69, 9.17) is 0 Å². The molecule has 0 saturated heterocycles. The lowest BCUT2D eigenvalue weighted by Gasteiger charge is -2.07. The van der Waals surface area contributed by atoms with Crippen molar-refractivity contribution in [3.63, 3.8) is 0 Å². The van der Waals surface area contributed by atoms with Crippen LogP contribution in [0.5, 0.6) is 0 Å². The van der Waals surface area contributed by atoms with Gasteiger partial charge in [-0.1, -0.05) is 66.7 Å². The monoisotopic (exact) mass is 521 g/mol. The molecule has 0 unspecified atom stereocenters. The first-order valence-electron chi connectivity index (χ1n) is 10.4. The zero-order chi connectivity index (χ0) is 24.8. The molecule has 0 saturated carbocycles. The Kier molecular flexibility index (Phi) is 7.62. The van der Waals surface area contributed by atoms with Crippen molar-refractivity contribution in [3.05, 3.63) is 125 Å². The summed E-state index contributed by atoms with van der Waals surface area (Å²) in [5, 5.41) is 10.9. The summed E-state index contributed by atoms with van der Waals surface area (Å²) < 4.78 is 32.3. The van der Waals surface area contributed by atoms with Crippen LogP contribution in [0.3, 0.4) is 0 Å². The first-order valence-corrected chi connectivity index (χ1v) is 13.8. The predicted octanol–water partition coefficient (Wildman–Crippen LogP) is 6.50. The van der Waals surface area contributed by atoms with Gasteiger partial charge in [-0.25, -0.2) is 8.42 Å². The molecule has 0 atom stereocenters. The average molecular weight is 522 g/mol. The Hall–Kier alpha value is -3.50. The number of hydrogen-bond acceptors (Lipinski definition) is 6. The van der Waals surface area contributed by atoms with Crippen LogP contribution in [0.4, 0.5) is 5.69 Å². The van der Waals surface area contributed by atoms with E-state index >= 15 is 0 Å². The standard InChI is InChI=1S/C18H15S.C8H5NO5S2/c1-4-10-16(11-5-1)19(17-12-6-2-7-13-17)18-14-8-3-9-15-18;10-9(11)7-5-3-1-2-4-6(5)15-8(7)16(12,13)14/h1-15H;1-4H,(H,12,13,14)/q+1;/p-1. The van der Waals surface area contributed by atoms with Gasteiger partial charge in [-0.2, -0.15) is 0 Å². The third-order valence-electron chi connectivity index (χ3n) is 4.88. The Bertz CT molecular complexity index is 1440. The van der Waals surface area contributed by atoms with Gasteiger partial charge in [-0.3, -0.25) is 10.1 Å². The fourth-order valence-electron chi connectivity index (χ4n) is 3.43. The molecule has 35 heavy (non-hydrogen) atoms. The molecule has 0 aliphatic rings. The number of benzene rings is 4. The van der Waals surface area contributed by atoms with E-state index in [1.165, 1.54) is 26.8 Å². The van der Waals surface area contributed by atoms with E-state index in [9.17, 15) is 23.1 Å². The molecule has 176 valence electrons. The molecule has 0 fully saturated rings. The Morgan fingerprint density at radius 3 is 1.46 bits per heavy atom. The van der Waals surface area contributed by atoms with Gasteiger partial charge in [-0.05, 0) is 48.5 Å². The third kappa shape index (κ3) is 5.77. The van der Waals surface area contributed by atoms with E-state index in [0.29, 0.717) is 16.0 Å². The third-order valence-corrected chi connectivity index (χ3v) is 9.58. The average Bonchev–Trinajstić information content (AvgIpc) is 3.28. The molecule has 1 aromatic heterocycles. The number of hydrogen-bond donors (Lipinski definition) is 0. The van der Waals surface area contributed by atoms with Crippen LogP contribution in [-0.4, -0.2) is 17.9 Å². The van der Waals surface area contributed by atoms with Crippen molar-refractivity contribution in [2.75, 3.05) is 0 Å². The molecular weight excluding hydrogens is 502 g/mol. The summed E-state index contributed by atoms with van der Waals surface area (Å²) in [6.07, 6.45) is 0. The summed E-state index contributed by atoms with van der Waals surface area (Å²) in [6.45, 7) is 0. The second-order valence-electron chi connectivity index (χ2n) is 7.19. The van der Waals surface area contributed by atoms with E-state index in [2.05, 4.69) is 91.0 Å². The highest BCUT2D eigenvalue weighted by Crippen LogP contribution is 2.39. The molecule has 0 radical (unpaired) electrons. The normalized spacial score (nSPS) is 11.1. The largest absolute Gasteiger partial charge is 0.743 e. The van der Waals surface area contributed by atoms with Crippen LogP contribution in [0.25, 0.3) is 10.1 Å². The van der Waals surface area contributed by atoms with Crippen LogP contribution in [-0.2, 0) is 21.0 Å². The van der Waals surface area contributed by atoms with Gasteiger partial charge in [0.05, 0.1) is 21.2 Å². The lowest BCUT2D eigenvalue weighted by Crippen LogP contribution is -2.04. The number of nitro groups is 1. The molecule has 0 spiro atoms. The number of thiophene rings is 1. The number of nitrogens with zero attached hydrogens (tertiary/aromatic N) is 1. The Morgan fingerprint density at radius 2 is 1.06 bits per heavy atom. The molecule has 4 aromatic carbocycles. The van der Waals surface area contributed by atoms with Crippen molar-refractivity contribution in [3.8, 4) is 0 Å². The van der Waals surface area contributed by atoms with Gasteiger partial charge in [0.2, 0.25) is 0 Å². The van der Waals surface area contributed by atoms with Crippen molar-refractivity contribution in [2.24, 2.45) is 0 Å². The van der Waals surface area contributed by atoms with Gasteiger partial charge in [0.15, 0.2) is 18.9 Å². The van der Waals surface area contributed by atoms with E-state index in [1.807, 2.05) is 0 Å². The zero-order valence-corrected chi connectivity index (χ0v) is 20.6. The molecule has 5 aromatic rings. The Morgan fingerprint density at radius 1 is 0.657 bits per heavy atom. The van der Waals surface area contributed by atoms with Crippen molar-refractivity contribution >= 4 is 48.1 Å². The van der Waals surface area contributed by atoms with Gasteiger partial charge in [0.25, 0.3) is 0 Å². The maximum Gasteiger partial charge on any atom is 0.305 e. The Balaban J connectivity index is 0.000000168. The van der Waals surface area contributed by atoms with Crippen molar-refractivity contribution in [2.45, 2.75) is 18.9 Å². The fourth-order valence-corrected chi connectivity index (χ4v) is 7.54. The van der Waals surface area contributed by atoms with Gasteiger partial charge in [0.1, 0.15) is 10.1 Å². The van der Waals surface area contributed by atoms with Crippen LogP contribution in [0, 0.1) is 10.1 Å². The lowest BCUT2D eigenvalue weighted by molar-refractivity contribution is -0.385. The quantitative estimate of drug-likeness (QED) is 0.114. The lowest BCUT2D eigenvalue weighted by atomic mass is 10.2. The topological polar surface area (TPSA) is 100 Å². The highest BCUT2D eigenvalue weighted by molar-refractivity contribution is 7.97. The van der Waals surface area contributed by atoms with Crippen LogP contribution < -0.4 is 0 Å². The minimum Gasteiger partial charge on any atom is -0.743 e. The van der Waals surface area contributed by atoms with Gasteiger partial charge in [0, 0.05) is 4.70 Å². The highest BCUT2D eigenvalue weighted by atomic mass is 32.3. The minimum absolute atomic E-state index is 0.0146. The maximum atomic E-state index is 10.9. The second-order valence-corrected chi connectivity index (χ2v) is 11.8. The van der Waals surface area contributed by atoms with Gasteiger partial charge in [-0.15, -0.1) is 11.3 Å². The first-order chi connectivity index (χ1) is 16.9. The van der Waals surface area contributed by atoms with Crippen LogP contribution >= 0.6 is 11.3 Å².